The van der Waals surface area contributed by atoms with Gasteiger partial charge in [-0.15, -0.1) is 0 Å². The molecule has 4 nitrogen and oxygen atoms in total. The van der Waals surface area contributed by atoms with E-state index in [-0.39, 0.29) is 12.1 Å². The standard InChI is InChI=1S/C13H18F2N2O2S2/c1-9(8-21(3)19)17(2)13(18)16-10-4-6-11(7-5-10)20-12(14)15/h4-7,9,12H,8H2,1-3H3,(H,16,18). The predicted molar refractivity (Wildman–Crippen MR) is 83.5 cm³/mol. The number of nitrogens with one attached hydrogen (secondary N) is 1. The van der Waals surface area contributed by atoms with E-state index in [1.54, 1.807) is 25.4 Å². The molecule has 0 aliphatic carbocycles. The molecule has 2 atom stereocenters. The minimum atomic E-state index is -2.47. The summed E-state index contributed by atoms with van der Waals surface area (Å²) in [7, 11) is 0.635. The van der Waals surface area contributed by atoms with Gasteiger partial charge in [0.2, 0.25) is 0 Å². The number of anilines is 1. The van der Waals surface area contributed by atoms with E-state index in [1.807, 2.05) is 6.92 Å². The zero-order chi connectivity index (χ0) is 16.0. The lowest BCUT2D eigenvalue weighted by molar-refractivity contribution is 0.212. The van der Waals surface area contributed by atoms with Crippen LogP contribution in [0, 0.1) is 0 Å². The lowest BCUT2D eigenvalue weighted by atomic mass is 10.3. The fourth-order valence-electron chi connectivity index (χ4n) is 1.58. The number of hydrogen-bond donors (Lipinski definition) is 1. The molecule has 1 aromatic carbocycles. The fraction of sp³-hybridized carbons (Fsp3) is 0.462. The zero-order valence-electron chi connectivity index (χ0n) is 12.0. The molecule has 1 N–H and O–H groups in total. The normalized spacial score (nSPS) is 13.8. The Bertz CT molecular complexity index is 497. The maximum Gasteiger partial charge on any atom is 0.321 e. The van der Waals surface area contributed by atoms with Crippen molar-refractivity contribution in [1.82, 2.24) is 4.90 Å². The first-order valence-electron chi connectivity index (χ1n) is 6.18. The molecule has 0 spiro atoms. The van der Waals surface area contributed by atoms with Gasteiger partial charge in [-0.1, -0.05) is 11.8 Å². The summed E-state index contributed by atoms with van der Waals surface area (Å²) in [5.74, 6) is -2.07. The van der Waals surface area contributed by atoms with Crippen LogP contribution in [-0.4, -0.2) is 46.0 Å². The van der Waals surface area contributed by atoms with Crippen LogP contribution in [0.4, 0.5) is 19.3 Å². The molecule has 0 aliphatic heterocycles. The molecule has 0 aromatic heterocycles. The summed E-state index contributed by atoms with van der Waals surface area (Å²) in [4.78, 5) is 13.9. The first-order valence-corrected chi connectivity index (χ1v) is 8.79. The molecular weight excluding hydrogens is 318 g/mol. The van der Waals surface area contributed by atoms with Crippen molar-refractivity contribution in [2.24, 2.45) is 0 Å². The van der Waals surface area contributed by atoms with Gasteiger partial charge in [0, 0.05) is 46.5 Å². The van der Waals surface area contributed by atoms with Crippen molar-refractivity contribution in [2.75, 3.05) is 24.4 Å². The molecule has 0 radical (unpaired) electrons. The Morgan fingerprint density at radius 2 is 1.95 bits per heavy atom. The van der Waals surface area contributed by atoms with Crippen LogP contribution >= 0.6 is 11.8 Å². The Morgan fingerprint density at radius 1 is 1.38 bits per heavy atom. The minimum Gasteiger partial charge on any atom is -0.324 e. The van der Waals surface area contributed by atoms with Gasteiger partial charge in [0.05, 0.1) is 0 Å². The van der Waals surface area contributed by atoms with E-state index in [0.29, 0.717) is 28.1 Å². The third kappa shape index (κ3) is 6.43. The van der Waals surface area contributed by atoms with Crippen LogP contribution in [0.25, 0.3) is 0 Å². The fourth-order valence-corrected chi connectivity index (χ4v) is 2.98. The summed E-state index contributed by atoms with van der Waals surface area (Å²) < 4.78 is 35.5. The number of benzene rings is 1. The summed E-state index contributed by atoms with van der Waals surface area (Å²) in [5.41, 5.74) is 0.523. The van der Waals surface area contributed by atoms with Crippen molar-refractivity contribution in [1.29, 1.82) is 0 Å². The average Bonchev–Trinajstić information content (AvgIpc) is 2.38. The topological polar surface area (TPSA) is 49.4 Å². The first kappa shape index (κ1) is 17.9. The quantitative estimate of drug-likeness (QED) is 0.812. The van der Waals surface area contributed by atoms with Crippen LogP contribution in [0.1, 0.15) is 6.92 Å². The number of carbonyl (C=O) groups excluding carboxylic acids is 1. The van der Waals surface area contributed by atoms with Crippen LogP contribution < -0.4 is 5.32 Å². The summed E-state index contributed by atoms with van der Waals surface area (Å²) in [6.07, 6.45) is 1.58. The molecule has 118 valence electrons. The number of thioether (sulfide) groups is 1. The van der Waals surface area contributed by atoms with Crippen molar-refractivity contribution in [2.45, 2.75) is 23.6 Å². The molecule has 1 rings (SSSR count). The number of urea groups is 1. The van der Waals surface area contributed by atoms with Gasteiger partial charge >= 0.3 is 6.03 Å². The number of alkyl halides is 2. The summed E-state index contributed by atoms with van der Waals surface area (Å²) in [6.45, 7) is 1.81. The number of rotatable bonds is 6. The number of amides is 2. The summed E-state index contributed by atoms with van der Waals surface area (Å²) in [6, 6.07) is 5.69. The molecule has 0 bridgehead atoms. The van der Waals surface area contributed by atoms with Crippen molar-refractivity contribution in [3.8, 4) is 0 Å². The molecule has 0 saturated heterocycles. The Balaban J connectivity index is 2.59. The smallest absolute Gasteiger partial charge is 0.321 e. The molecule has 8 heteroatoms. The Hall–Kier alpha value is -1.15. The van der Waals surface area contributed by atoms with E-state index < -0.39 is 16.6 Å². The second kappa shape index (κ2) is 8.33. The molecule has 0 fully saturated rings. The van der Waals surface area contributed by atoms with E-state index >= 15 is 0 Å². The van der Waals surface area contributed by atoms with Gasteiger partial charge in [-0.3, -0.25) is 4.21 Å². The highest BCUT2D eigenvalue weighted by molar-refractivity contribution is 7.99. The van der Waals surface area contributed by atoms with E-state index in [9.17, 15) is 17.8 Å². The Morgan fingerprint density at radius 3 is 2.43 bits per heavy atom. The number of nitrogens with zero attached hydrogens (tertiary/aromatic N) is 1. The van der Waals surface area contributed by atoms with Crippen LogP contribution in [-0.2, 0) is 10.8 Å². The van der Waals surface area contributed by atoms with E-state index in [4.69, 9.17) is 0 Å². The highest BCUT2D eigenvalue weighted by Crippen LogP contribution is 2.26. The van der Waals surface area contributed by atoms with E-state index in [0.717, 1.165) is 0 Å². The Kier molecular flexibility index (Phi) is 7.10. The van der Waals surface area contributed by atoms with Gasteiger partial charge in [0.25, 0.3) is 5.76 Å². The molecule has 0 heterocycles. The molecule has 21 heavy (non-hydrogen) atoms. The van der Waals surface area contributed by atoms with Crippen molar-refractivity contribution in [3.05, 3.63) is 24.3 Å². The highest BCUT2D eigenvalue weighted by atomic mass is 32.2. The molecule has 2 amide bonds. The minimum absolute atomic E-state index is 0.163. The maximum atomic E-state index is 12.2. The molecule has 2 unspecified atom stereocenters. The highest BCUT2D eigenvalue weighted by Gasteiger charge is 2.16. The van der Waals surface area contributed by atoms with E-state index in [1.165, 1.54) is 17.0 Å². The lowest BCUT2D eigenvalue weighted by Gasteiger charge is -2.24. The van der Waals surface area contributed by atoms with Gasteiger partial charge in [-0.25, -0.2) is 4.79 Å². The summed E-state index contributed by atoms with van der Waals surface area (Å²) in [5, 5.41) is 2.67. The molecular formula is C13H18F2N2O2S2. The predicted octanol–water partition coefficient (Wildman–Crippen LogP) is 3.23. The van der Waals surface area contributed by atoms with Crippen LogP contribution in [0.2, 0.25) is 0 Å². The van der Waals surface area contributed by atoms with Gasteiger partial charge in [0.1, 0.15) is 0 Å². The molecule has 1 aromatic rings. The third-order valence-electron chi connectivity index (χ3n) is 2.79. The average molecular weight is 336 g/mol. The van der Waals surface area contributed by atoms with Crippen LogP contribution in [0.3, 0.4) is 0 Å². The number of carbonyl (C=O) groups is 1. The maximum absolute atomic E-state index is 12.2. The van der Waals surface area contributed by atoms with Gasteiger partial charge in [0.15, 0.2) is 0 Å². The van der Waals surface area contributed by atoms with E-state index in [2.05, 4.69) is 5.32 Å². The second-order valence-corrected chi connectivity index (χ2v) is 7.08. The largest absolute Gasteiger partial charge is 0.324 e. The molecule has 0 saturated carbocycles. The van der Waals surface area contributed by atoms with Gasteiger partial charge in [-0.05, 0) is 31.2 Å². The van der Waals surface area contributed by atoms with Crippen molar-refractivity contribution in [3.63, 3.8) is 0 Å². The third-order valence-corrected chi connectivity index (χ3v) is 4.46. The second-order valence-electron chi connectivity index (χ2n) is 4.53. The Labute approximate surface area is 129 Å². The zero-order valence-corrected chi connectivity index (χ0v) is 13.6. The first-order chi connectivity index (χ1) is 9.79. The van der Waals surface area contributed by atoms with Crippen LogP contribution in [0.15, 0.2) is 29.2 Å². The number of hydrogen-bond acceptors (Lipinski definition) is 3. The van der Waals surface area contributed by atoms with Crippen molar-refractivity contribution >= 4 is 34.3 Å². The van der Waals surface area contributed by atoms with Gasteiger partial charge in [-0.2, -0.15) is 8.78 Å². The van der Waals surface area contributed by atoms with Crippen molar-refractivity contribution < 1.29 is 17.8 Å². The number of halogens is 2. The lowest BCUT2D eigenvalue weighted by Crippen LogP contribution is -2.40. The molecule has 0 aliphatic rings. The van der Waals surface area contributed by atoms with Crippen LogP contribution in [0.5, 0.6) is 0 Å². The summed E-state index contributed by atoms with van der Waals surface area (Å²) >= 11 is 0.454. The van der Waals surface area contributed by atoms with Gasteiger partial charge < -0.3 is 10.2 Å². The SMILES string of the molecule is CC(CS(C)=O)N(C)C(=O)Nc1ccc(SC(F)F)cc1. The monoisotopic (exact) mass is 336 g/mol.